The molecule has 1 aliphatic heterocycles. The lowest BCUT2D eigenvalue weighted by molar-refractivity contribution is -0.136. The van der Waals surface area contributed by atoms with Crippen LogP contribution < -0.4 is 11.1 Å². The van der Waals surface area contributed by atoms with E-state index >= 15 is 0 Å². The number of hydrogen-bond acceptors (Lipinski definition) is 3. The number of piperidine rings is 1. The molecule has 1 fully saturated rings. The van der Waals surface area contributed by atoms with Crippen molar-refractivity contribution < 1.29 is 9.59 Å². The number of carbonyl (C=O) groups excluding carboxylic acids is 2. The van der Waals surface area contributed by atoms with Crippen LogP contribution in [0.5, 0.6) is 0 Å². The van der Waals surface area contributed by atoms with E-state index in [1.165, 1.54) is 0 Å². The Morgan fingerprint density at radius 2 is 2.17 bits per heavy atom. The normalized spacial score (nSPS) is 19.8. The molecule has 0 bridgehead atoms. The average Bonchev–Trinajstić information content (AvgIpc) is 2.28. The SMILES string of the molecule is CC(C)CN(CC(N)=O)C(=O)CC1CCCNC1. The fourth-order valence-corrected chi connectivity index (χ4v) is 2.36. The summed E-state index contributed by atoms with van der Waals surface area (Å²) in [5, 5.41) is 3.30. The van der Waals surface area contributed by atoms with Gasteiger partial charge >= 0.3 is 0 Å². The molecule has 2 amide bonds. The van der Waals surface area contributed by atoms with Gasteiger partial charge in [0.05, 0.1) is 6.54 Å². The number of hydrogen-bond donors (Lipinski definition) is 2. The highest BCUT2D eigenvalue weighted by Gasteiger charge is 2.22. The van der Waals surface area contributed by atoms with Crippen molar-refractivity contribution in [1.29, 1.82) is 0 Å². The van der Waals surface area contributed by atoms with Gasteiger partial charge in [0.25, 0.3) is 0 Å². The van der Waals surface area contributed by atoms with E-state index in [1.807, 2.05) is 13.8 Å². The molecular formula is C13H25N3O2. The topological polar surface area (TPSA) is 75.4 Å². The molecule has 0 aromatic rings. The van der Waals surface area contributed by atoms with Gasteiger partial charge < -0.3 is 16.0 Å². The largest absolute Gasteiger partial charge is 0.368 e. The lowest BCUT2D eigenvalue weighted by Gasteiger charge is -2.27. The van der Waals surface area contributed by atoms with Crippen LogP contribution in [0.2, 0.25) is 0 Å². The number of primary amides is 1. The van der Waals surface area contributed by atoms with E-state index in [0.29, 0.717) is 24.8 Å². The van der Waals surface area contributed by atoms with Crippen molar-refractivity contribution in [2.24, 2.45) is 17.6 Å². The zero-order chi connectivity index (χ0) is 13.5. The standard InChI is InChI=1S/C13H25N3O2/c1-10(2)8-16(9-12(14)17)13(18)6-11-4-3-5-15-7-11/h10-11,15H,3-9H2,1-2H3,(H2,14,17). The van der Waals surface area contributed by atoms with Gasteiger partial charge in [-0.25, -0.2) is 0 Å². The van der Waals surface area contributed by atoms with Crippen LogP contribution in [0.4, 0.5) is 0 Å². The maximum Gasteiger partial charge on any atom is 0.237 e. The first-order valence-electron chi connectivity index (χ1n) is 6.75. The van der Waals surface area contributed by atoms with Gasteiger partial charge in [0.15, 0.2) is 0 Å². The van der Waals surface area contributed by atoms with Gasteiger partial charge in [-0.1, -0.05) is 13.8 Å². The minimum absolute atomic E-state index is 0.0389. The highest BCUT2D eigenvalue weighted by atomic mass is 16.2. The molecule has 1 rings (SSSR count). The summed E-state index contributed by atoms with van der Waals surface area (Å²) in [6, 6.07) is 0. The van der Waals surface area contributed by atoms with E-state index in [1.54, 1.807) is 4.90 Å². The minimum Gasteiger partial charge on any atom is -0.368 e. The van der Waals surface area contributed by atoms with Crippen LogP contribution in [0.15, 0.2) is 0 Å². The Labute approximate surface area is 109 Å². The molecule has 1 saturated heterocycles. The highest BCUT2D eigenvalue weighted by Crippen LogP contribution is 2.15. The molecule has 104 valence electrons. The average molecular weight is 255 g/mol. The van der Waals surface area contributed by atoms with Gasteiger partial charge in [-0.05, 0) is 37.8 Å². The number of rotatable bonds is 6. The molecule has 3 N–H and O–H groups in total. The second-order valence-corrected chi connectivity index (χ2v) is 5.55. The highest BCUT2D eigenvalue weighted by molar-refractivity contribution is 5.83. The third-order valence-corrected chi connectivity index (χ3v) is 3.15. The Morgan fingerprint density at radius 1 is 1.44 bits per heavy atom. The van der Waals surface area contributed by atoms with Crippen molar-refractivity contribution in [3.8, 4) is 0 Å². The molecule has 0 saturated carbocycles. The summed E-state index contributed by atoms with van der Waals surface area (Å²) in [6.45, 7) is 6.64. The predicted molar refractivity (Wildman–Crippen MR) is 70.8 cm³/mol. The fourth-order valence-electron chi connectivity index (χ4n) is 2.36. The first-order chi connectivity index (χ1) is 8.49. The quantitative estimate of drug-likeness (QED) is 0.719. The number of nitrogens with one attached hydrogen (secondary N) is 1. The van der Waals surface area contributed by atoms with E-state index in [2.05, 4.69) is 5.32 Å². The van der Waals surface area contributed by atoms with E-state index < -0.39 is 5.91 Å². The van der Waals surface area contributed by atoms with Crippen LogP contribution in [0.1, 0.15) is 33.1 Å². The molecule has 1 aliphatic rings. The second kappa shape index (κ2) is 7.36. The summed E-state index contributed by atoms with van der Waals surface area (Å²) >= 11 is 0. The molecule has 0 aliphatic carbocycles. The zero-order valence-electron chi connectivity index (χ0n) is 11.4. The third-order valence-electron chi connectivity index (χ3n) is 3.15. The number of amides is 2. The van der Waals surface area contributed by atoms with Gasteiger partial charge in [0, 0.05) is 13.0 Å². The monoisotopic (exact) mass is 255 g/mol. The summed E-state index contributed by atoms with van der Waals surface area (Å²) in [5.74, 6) is 0.355. The number of nitrogens with zero attached hydrogens (tertiary/aromatic N) is 1. The lowest BCUT2D eigenvalue weighted by Crippen LogP contribution is -2.42. The Bertz CT molecular complexity index is 286. The van der Waals surface area contributed by atoms with Crippen molar-refractivity contribution in [2.45, 2.75) is 33.1 Å². The smallest absolute Gasteiger partial charge is 0.237 e. The Balaban J connectivity index is 2.48. The van der Waals surface area contributed by atoms with Crippen LogP contribution >= 0.6 is 0 Å². The molecule has 0 aromatic heterocycles. The van der Waals surface area contributed by atoms with E-state index in [0.717, 1.165) is 25.9 Å². The van der Waals surface area contributed by atoms with Crippen molar-refractivity contribution in [3.05, 3.63) is 0 Å². The Kier molecular flexibility index (Phi) is 6.12. The Morgan fingerprint density at radius 3 is 2.67 bits per heavy atom. The molecule has 1 atom stereocenters. The third kappa shape index (κ3) is 5.49. The maximum absolute atomic E-state index is 12.2. The second-order valence-electron chi connectivity index (χ2n) is 5.55. The first-order valence-corrected chi connectivity index (χ1v) is 6.75. The van der Waals surface area contributed by atoms with Crippen LogP contribution in [-0.2, 0) is 9.59 Å². The summed E-state index contributed by atoms with van der Waals surface area (Å²) in [6.07, 6.45) is 2.73. The van der Waals surface area contributed by atoms with Crippen LogP contribution in [0.25, 0.3) is 0 Å². The Hall–Kier alpha value is -1.10. The van der Waals surface area contributed by atoms with Gasteiger partial charge in [0.2, 0.25) is 11.8 Å². The van der Waals surface area contributed by atoms with Gasteiger partial charge in [-0.2, -0.15) is 0 Å². The number of carbonyl (C=O) groups is 2. The fraction of sp³-hybridized carbons (Fsp3) is 0.846. The summed E-state index contributed by atoms with van der Waals surface area (Å²) in [5.41, 5.74) is 5.19. The number of nitrogens with two attached hydrogens (primary N) is 1. The summed E-state index contributed by atoms with van der Waals surface area (Å²) in [4.78, 5) is 24.8. The van der Waals surface area contributed by atoms with Gasteiger partial charge in [0.1, 0.15) is 0 Å². The van der Waals surface area contributed by atoms with Crippen molar-refractivity contribution in [3.63, 3.8) is 0 Å². The van der Waals surface area contributed by atoms with Crippen molar-refractivity contribution in [2.75, 3.05) is 26.2 Å². The molecule has 1 unspecified atom stereocenters. The minimum atomic E-state index is -0.439. The van der Waals surface area contributed by atoms with Crippen molar-refractivity contribution >= 4 is 11.8 Å². The van der Waals surface area contributed by atoms with E-state index in [4.69, 9.17) is 5.73 Å². The molecule has 18 heavy (non-hydrogen) atoms. The van der Waals surface area contributed by atoms with E-state index in [9.17, 15) is 9.59 Å². The maximum atomic E-state index is 12.2. The first kappa shape index (κ1) is 15.0. The van der Waals surface area contributed by atoms with Crippen molar-refractivity contribution in [1.82, 2.24) is 10.2 Å². The molecule has 5 heteroatoms. The molecule has 1 heterocycles. The molecular weight excluding hydrogens is 230 g/mol. The molecule has 0 aromatic carbocycles. The molecule has 5 nitrogen and oxygen atoms in total. The van der Waals surface area contributed by atoms with Gasteiger partial charge in [-0.15, -0.1) is 0 Å². The molecule has 0 radical (unpaired) electrons. The van der Waals surface area contributed by atoms with Crippen LogP contribution in [0, 0.1) is 11.8 Å². The predicted octanol–water partition coefficient (Wildman–Crippen LogP) is 0.346. The zero-order valence-corrected chi connectivity index (χ0v) is 11.4. The molecule has 0 spiro atoms. The summed E-state index contributed by atoms with van der Waals surface area (Å²) in [7, 11) is 0. The van der Waals surface area contributed by atoms with Gasteiger partial charge in [-0.3, -0.25) is 9.59 Å². The van der Waals surface area contributed by atoms with E-state index in [-0.39, 0.29) is 12.5 Å². The summed E-state index contributed by atoms with van der Waals surface area (Å²) < 4.78 is 0. The van der Waals surface area contributed by atoms with Crippen LogP contribution in [-0.4, -0.2) is 42.9 Å². The van der Waals surface area contributed by atoms with Crippen LogP contribution in [0.3, 0.4) is 0 Å². The lowest BCUT2D eigenvalue weighted by atomic mass is 9.95.